The summed E-state index contributed by atoms with van der Waals surface area (Å²) < 4.78 is 0. The summed E-state index contributed by atoms with van der Waals surface area (Å²) in [6.07, 6.45) is 6.61. The van der Waals surface area contributed by atoms with E-state index in [-0.39, 0.29) is 5.91 Å². The van der Waals surface area contributed by atoms with Gasteiger partial charge in [-0.1, -0.05) is 54.8 Å². The van der Waals surface area contributed by atoms with Crippen LogP contribution in [0.4, 0.5) is 11.4 Å². The summed E-state index contributed by atoms with van der Waals surface area (Å²) in [7, 11) is 0. The van der Waals surface area contributed by atoms with Crippen molar-refractivity contribution < 1.29 is 4.79 Å². The van der Waals surface area contributed by atoms with Crippen LogP contribution in [0, 0.1) is 0 Å². The van der Waals surface area contributed by atoms with Gasteiger partial charge in [-0.15, -0.1) is 0 Å². The zero-order valence-electron chi connectivity index (χ0n) is 19.0. The van der Waals surface area contributed by atoms with Gasteiger partial charge in [0.25, 0.3) is 5.91 Å². The molecule has 1 saturated carbocycles. The molecule has 2 aromatic rings. The van der Waals surface area contributed by atoms with Gasteiger partial charge < -0.3 is 4.90 Å². The Hall–Kier alpha value is -1.89. The van der Waals surface area contributed by atoms with Crippen LogP contribution >= 0.6 is 35.1 Å². The smallest absolute Gasteiger partial charge is 0.269 e. The van der Waals surface area contributed by atoms with Crippen LogP contribution in [0.1, 0.15) is 57.4 Å². The lowest BCUT2D eigenvalue weighted by atomic mass is 9.84. The predicted octanol–water partition coefficient (Wildman–Crippen LogP) is 7.77. The van der Waals surface area contributed by atoms with Gasteiger partial charge in [0, 0.05) is 23.0 Å². The van der Waals surface area contributed by atoms with Crippen molar-refractivity contribution in [2.45, 2.75) is 56.8 Å². The topological polar surface area (TPSA) is 35.9 Å². The Kier molecular flexibility index (Phi) is 6.77. The van der Waals surface area contributed by atoms with E-state index in [4.69, 9.17) is 16.6 Å². The highest BCUT2D eigenvalue weighted by atomic mass is 35.5. The molecule has 0 bridgehead atoms. The summed E-state index contributed by atoms with van der Waals surface area (Å²) in [5, 5.41) is 2.43. The number of likely N-dealkylation sites (N-methyl/N-ethyl adjacent to an activating group) is 1. The fraction of sp³-hybridized carbons (Fsp3) is 0.385. The third-order valence-corrected chi connectivity index (χ3v) is 9.16. The standard InChI is InChI=1S/C26H28ClN3OS2/c1-3-29-21-16-19(27)12-15-22(21)32-25(29)23-24(31)30(4-2)26(33-23)28-20-13-10-18(11-14-20)17-8-6-5-7-9-17/h10-17H,3-9H2,1-2H3/b25-23-,28-26?. The van der Waals surface area contributed by atoms with Crippen LogP contribution in [-0.2, 0) is 4.79 Å². The average Bonchev–Trinajstić information content (AvgIpc) is 3.36. The number of rotatable bonds is 4. The Bertz CT molecular complexity index is 1120. The van der Waals surface area contributed by atoms with E-state index in [0.29, 0.717) is 17.5 Å². The zero-order valence-corrected chi connectivity index (χ0v) is 21.4. The summed E-state index contributed by atoms with van der Waals surface area (Å²) >= 11 is 9.37. The number of carbonyl (C=O) groups is 1. The Labute approximate surface area is 209 Å². The number of carbonyl (C=O) groups excluding carboxylic acids is 1. The second-order valence-corrected chi connectivity index (χ2v) is 11.0. The normalized spacial score (nSPS) is 22.5. The Morgan fingerprint density at radius 3 is 2.39 bits per heavy atom. The Balaban J connectivity index is 1.43. The third kappa shape index (κ3) is 4.45. The molecule has 2 fully saturated rings. The molecule has 7 heteroatoms. The second kappa shape index (κ2) is 9.77. The summed E-state index contributed by atoms with van der Waals surface area (Å²) in [5.41, 5.74) is 3.38. The van der Waals surface area contributed by atoms with E-state index in [1.807, 2.05) is 25.1 Å². The van der Waals surface area contributed by atoms with Crippen LogP contribution in [0.5, 0.6) is 0 Å². The fourth-order valence-corrected chi connectivity index (χ4v) is 7.41. The molecule has 2 heterocycles. The minimum atomic E-state index is 0.0277. The largest absolute Gasteiger partial charge is 0.334 e. The molecule has 0 aromatic heterocycles. The second-order valence-electron chi connectivity index (χ2n) is 8.56. The zero-order chi connectivity index (χ0) is 22.9. The third-order valence-electron chi connectivity index (χ3n) is 6.55. The maximum atomic E-state index is 13.4. The molecular weight excluding hydrogens is 470 g/mol. The van der Waals surface area contributed by atoms with Gasteiger partial charge in [0.2, 0.25) is 0 Å². The van der Waals surface area contributed by atoms with Crippen molar-refractivity contribution in [2.75, 3.05) is 18.0 Å². The van der Waals surface area contributed by atoms with Crippen LogP contribution in [0.3, 0.4) is 0 Å². The van der Waals surface area contributed by atoms with E-state index < -0.39 is 0 Å². The first-order chi connectivity index (χ1) is 16.1. The molecule has 172 valence electrons. The molecule has 2 aromatic carbocycles. The molecule has 4 nitrogen and oxygen atoms in total. The maximum absolute atomic E-state index is 13.4. The number of nitrogens with zero attached hydrogens (tertiary/aromatic N) is 3. The number of benzene rings is 2. The van der Waals surface area contributed by atoms with Crippen molar-refractivity contribution in [1.29, 1.82) is 0 Å². The number of fused-ring (bicyclic) bond motifs is 1. The number of amidine groups is 1. The van der Waals surface area contributed by atoms with Crippen LogP contribution < -0.4 is 4.90 Å². The van der Waals surface area contributed by atoms with Crippen LogP contribution in [-0.4, -0.2) is 29.1 Å². The highest BCUT2D eigenvalue weighted by Crippen LogP contribution is 2.51. The van der Waals surface area contributed by atoms with E-state index in [2.05, 4.69) is 36.1 Å². The van der Waals surface area contributed by atoms with E-state index in [0.717, 1.165) is 37.9 Å². The van der Waals surface area contributed by atoms with Crippen molar-refractivity contribution >= 4 is 57.6 Å². The molecule has 1 amide bonds. The van der Waals surface area contributed by atoms with E-state index in [9.17, 15) is 4.79 Å². The summed E-state index contributed by atoms with van der Waals surface area (Å²) in [4.78, 5) is 24.1. The molecule has 0 unspecified atom stereocenters. The van der Waals surface area contributed by atoms with Crippen LogP contribution in [0.15, 0.2) is 62.3 Å². The van der Waals surface area contributed by atoms with Gasteiger partial charge in [0.1, 0.15) is 9.93 Å². The highest BCUT2D eigenvalue weighted by molar-refractivity contribution is 8.19. The monoisotopic (exact) mass is 497 g/mol. The van der Waals surface area contributed by atoms with Gasteiger partial charge in [0.15, 0.2) is 5.17 Å². The van der Waals surface area contributed by atoms with E-state index in [1.165, 1.54) is 49.4 Å². The van der Waals surface area contributed by atoms with Crippen molar-refractivity contribution in [3.63, 3.8) is 0 Å². The van der Waals surface area contributed by atoms with Crippen LogP contribution in [0.25, 0.3) is 0 Å². The van der Waals surface area contributed by atoms with Crippen molar-refractivity contribution in [3.05, 3.63) is 63.0 Å². The lowest BCUT2D eigenvalue weighted by Crippen LogP contribution is -2.29. The molecule has 1 aliphatic carbocycles. The molecule has 1 saturated heterocycles. The van der Waals surface area contributed by atoms with Crippen LogP contribution in [0.2, 0.25) is 5.02 Å². The van der Waals surface area contributed by atoms with Gasteiger partial charge in [-0.2, -0.15) is 0 Å². The summed E-state index contributed by atoms with van der Waals surface area (Å²) in [6.45, 7) is 5.47. The summed E-state index contributed by atoms with van der Waals surface area (Å²) in [5.74, 6) is 0.709. The maximum Gasteiger partial charge on any atom is 0.269 e. The number of aliphatic imine (C=N–C) groups is 1. The van der Waals surface area contributed by atoms with Gasteiger partial charge in [0.05, 0.1) is 11.4 Å². The fourth-order valence-electron chi connectivity index (χ4n) is 4.80. The minimum absolute atomic E-state index is 0.0277. The molecule has 0 N–H and O–H groups in total. The molecular formula is C26H28ClN3OS2. The van der Waals surface area contributed by atoms with Gasteiger partial charge in [-0.25, -0.2) is 4.99 Å². The Morgan fingerprint density at radius 2 is 1.70 bits per heavy atom. The molecule has 0 spiro atoms. The predicted molar refractivity (Wildman–Crippen MR) is 142 cm³/mol. The molecule has 5 rings (SSSR count). The lowest BCUT2D eigenvalue weighted by molar-refractivity contribution is -0.122. The first-order valence-electron chi connectivity index (χ1n) is 11.8. The quantitative estimate of drug-likeness (QED) is 0.404. The van der Waals surface area contributed by atoms with Gasteiger partial charge in [-0.3, -0.25) is 9.69 Å². The van der Waals surface area contributed by atoms with Crippen molar-refractivity contribution in [3.8, 4) is 0 Å². The molecule has 0 atom stereocenters. The number of thioether (sulfide) groups is 2. The SMILES string of the molecule is CCN1C(=O)/C(=C2/Sc3ccc(Cl)cc3N2CC)SC1=Nc1ccc(C2CCCCC2)cc1. The van der Waals surface area contributed by atoms with Gasteiger partial charge in [-0.05, 0) is 80.3 Å². The van der Waals surface area contributed by atoms with Crippen molar-refractivity contribution in [1.82, 2.24) is 4.90 Å². The highest BCUT2D eigenvalue weighted by Gasteiger charge is 2.39. The van der Waals surface area contributed by atoms with Crippen molar-refractivity contribution in [2.24, 2.45) is 4.99 Å². The minimum Gasteiger partial charge on any atom is -0.334 e. The number of anilines is 1. The molecule has 3 aliphatic rings. The first kappa shape index (κ1) is 22.9. The summed E-state index contributed by atoms with van der Waals surface area (Å²) in [6, 6.07) is 14.6. The number of hydrogen-bond acceptors (Lipinski definition) is 5. The lowest BCUT2D eigenvalue weighted by Gasteiger charge is -2.21. The number of amides is 1. The first-order valence-corrected chi connectivity index (χ1v) is 13.8. The number of hydrogen-bond donors (Lipinski definition) is 0. The average molecular weight is 498 g/mol. The molecule has 0 radical (unpaired) electrons. The Morgan fingerprint density at radius 1 is 0.970 bits per heavy atom. The molecule has 33 heavy (non-hydrogen) atoms. The van der Waals surface area contributed by atoms with E-state index >= 15 is 0 Å². The van der Waals surface area contributed by atoms with E-state index in [1.54, 1.807) is 16.7 Å². The van der Waals surface area contributed by atoms with Gasteiger partial charge >= 0.3 is 0 Å². The molecule has 2 aliphatic heterocycles. The number of halogens is 1.